The van der Waals surface area contributed by atoms with Crippen molar-refractivity contribution in [2.24, 2.45) is 0 Å². The van der Waals surface area contributed by atoms with Crippen molar-refractivity contribution >= 4 is 30.9 Å². The van der Waals surface area contributed by atoms with Crippen LogP contribution in [0.1, 0.15) is 25.7 Å². The Labute approximate surface area is 102 Å². The second-order valence-electron chi connectivity index (χ2n) is 4.18. The van der Waals surface area contributed by atoms with Gasteiger partial charge in [-0.25, -0.2) is 9.97 Å². The van der Waals surface area contributed by atoms with Crippen molar-refractivity contribution in [1.82, 2.24) is 9.97 Å². The molecule has 0 aliphatic heterocycles. The molecule has 0 atom stereocenters. The predicted molar refractivity (Wildman–Crippen MR) is 69.9 cm³/mol. The summed E-state index contributed by atoms with van der Waals surface area (Å²) in [4.78, 5) is 10.9. The molecular weight excluding hydrogens is 217 g/mol. The van der Waals surface area contributed by atoms with Gasteiger partial charge >= 0.3 is 0 Å². The Morgan fingerprint density at radius 1 is 1.44 bits per heavy atom. The Bertz CT molecular complexity index is 366. The van der Waals surface area contributed by atoms with E-state index in [-0.39, 0.29) is 0 Å². The molecule has 0 aromatic carbocycles. The molecule has 0 bridgehead atoms. The first kappa shape index (κ1) is 11.8. The van der Waals surface area contributed by atoms with E-state index in [9.17, 15) is 0 Å². The molecule has 1 saturated carbocycles. The largest absolute Gasteiger partial charge is 0.357 e. The molecule has 0 unspecified atom stereocenters. The first-order valence-corrected chi connectivity index (χ1v) is 6.84. The lowest BCUT2D eigenvalue weighted by Gasteiger charge is -2.27. The second-order valence-corrected chi connectivity index (χ2v) is 4.96. The van der Waals surface area contributed by atoms with E-state index >= 15 is 0 Å². The lowest BCUT2D eigenvalue weighted by atomic mass is 9.98. The minimum Gasteiger partial charge on any atom is -0.357 e. The number of thioether (sulfide) groups is 1. The van der Waals surface area contributed by atoms with Gasteiger partial charge in [0.25, 0.3) is 0 Å². The number of hydrogen-bond donors (Lipinski definition) is 0. The Morgan fingerprint density at radius 2 is 2.12 bits per heavy atom. The van der Waals surface area contributed by atoms with Gasteiger partial charge in [0, 0.05) is 19.3 Å². The van der Waals surface area contributed by atoms with Crippen molar-refractivity contribution in [1.29, 1.82) is 0 Å². The maximum Gasteiger partial charge on any atom is 0.189 e. The van der Waals surface area contributed by atoms with Crippen LogP contribution in [0, 0.1) is 0 Å². The summed E-state index contributed by atoms with van der Waals surface area (Å²) in [6, 6.07) is 0.590. The van der Waals surface area contributed by atoms with E-state index in [1.54, 1.807) is 18.0 Å². The zero-order chi connectivity index (χ0) is 11.5. The van der Waals surface area contributed by atoms with Gasteiger partial charge in [0.1, 0.15) is 13.7 Å². The molecule has 1 aromatic heterocycles. The van der Waals surface area contributed by atoms with E-state index < -0.39 is 0 Å². The van der Waals surface area contributed by atoms with Gasteiger partial charge in [-0.3, -0.25) is 0 Å². The van der Waals surface area contributed by atoms with E-state index in [1.165, 1.54) is 25.7 Å². The van der Waals surface area contributed by atoms with Crippen LogP contribution < -0.4 is 10.4 Å². The maximum absolute atomic E-state index is 5.94. The SMILES string of the molecule is [B]c1cnc(SC)nc1N(C)C1CCCC1. The van der Waals surface area contributed by atoms with Crippen molar-refractivity contribution in [2.45, 2.75) is 36.9 Å². The van der Waals surface area contributed by atoms with Gasteiger partial charge in [0.05, 0.1) is 0 Å². The van der Waals surface area contributed by atoms with E-state index in [4.69, 9.17) is 7.85 Å². The summed E-state index contributed by atoms with van der Waals surface area (Å²) in [5.74, 6) is 0.881. The predicted octanol–water partition coefficient (Wildman–Crippen LogP) is 1.37. The molecule has 2 rings (SSSR count). The average molecular weight is 233 g/mol. The van der Waals surface area contributed by atoms with Gasteiger partial charge in [-0.1, -0.05) is 24.6 Å². The third-order valence-corrected chi connectivity index (χ3v) is 3.72. The summed E-state index contributed by atoms with van der Waals surface area (Å²) in [6.45, 7) is 0. The summed E-state index contributed by atoms with van der Waals surface area (Å²) in [5.41, 5.74) is 0.673. The molecule has 84 valence electrons. The summed E-state index contributed by atoms with van der Waals surface area (Å²) >= 11 is 1.55. The van der Waals surface area contributed by atoms with E-state index in [0.29, 0.717) is 11.5 Å². The first-order valence-electron chi connectivity index (χ1n) is 5.61. The highest BCUT2D eigenvalue weighted by Crippen LogP contribution is 2.25. The fraction of sp³-hybridized carbons (Fsp3) is 0.636. The highest BCUT2D eigenvalue weighted by molar-refractivity contribution is 7.98. The van der Waals surface area contributed by atoms with E-state index in [1.807, 2.05) is 6.26 Å². The van der Waals surface area contributed by atoms with Crippen molar-refractivity contribution in [3.63, 3.8) is 0 Å². The minimum absolute atomic E-state index is 0.590. The molecule has 16 heavy (non-hydrogen) atoms. The summed E-state index contributed by atoms with van der Waals surface area (Å²) in [7, 11) is 8.02. The quantitative estimate of drug-likeness (QED) is 0.448. The van der Waals surface area contributed by atoms with Crippen molar-refractivity contribution in [3.8, 4) is 0 Å². The monoisotopic (exact) mass is 233 g/mol. The zero-order valence-corrected chi connectivity index (χ0v) is 10.6. The zero-order valence-electron chi connectivity index (χ0n) is 9.81. The van der Waals surface area contributed by atoms with Crippen molar-refractivity contribution < 1.29 is 0 Å². The van der Waals surface area contributed by atoms with Gasteiger partial charge in [-0.05, 0) is 24.6 Å². The van der Waals surface area contributed by atoms with Gasteiger partial charge in [-0.15, -0.1) is 0 Å². The molecule has 1 aromatic rings. The first-order chi connectivity index (χ1) is 7.72. The minimum atomic E-state index is 0.590. The molecule has 2 radical (unpaired) electrons. The van der Waals surface area contributed by atoms with Crippen LogP contribution in [-0.4, -0.2) is 37.2 Å². The summed E-state index contributed by atoms with van der Waals surface area (Å²) in [5, 5.41) is 0.786. The molecule has 0 amide bonds. The van der Waals surface area contributed by atoms with Crippen LogP contribution in [0.3, 0.4) is 0 Å². The molecular formula is C11H16BN3S. The van der Waals surface area contributed by atoms with Crippen LogP contribution >= 0.6 is 11.8 Å². The van der Waals surface area contributed by atoms with Crippen LogP contribution in [-0.2, 0) is 0 Å². The van der Waals surface area contributed by atoms with Gasteiger partial charge in [-0.2, -0.15) is 0 Å². The van der Waals surface area contributed by atoms with Crippen molar-refractivity contribution in [3.05, 3.63) is 6.20 Å². The normalized spacial score (nSPS) is 16.6. The van der Waals surface area contributed by atoms with Crippen LogP contribution in [0.4, 0.5) is 5.82 Å². The van der Waals surface area contributed by atoms with E-state index in [2.05, 4.69) is 21.9 Å². The summed E-state index contributed by atoms with van der Waals surface area (Å²) < 4.78 is 0. The Kier molecular flexibility index (Phi) is 3.74. The van der Waals surface area contributed by atoms with Gasteiger partial charge in [0.2, 0.25) is 0 Å². The van der Waals surface area contributed by atoms with Crippen molar-refractivity contribution in [2.75, 3.05) is 18.2 Å². The van der Waals surface area contributed by atoms with E-state index in [0.717, 1.165) is 11.0 Å². The Balaban J connectivity index is 2.23. The molecule has 1 aliphatic rings. The fourth-order valence-corrected chi connectivity index (χ4v) is 2.55. The summed E-state index contributed by atoms with van der Waals surface area (Å²) in [6.07, 6.45) is 8.80. The highest BCUT2D eigenvalue weighted by atomic mass is 32.2. The molecule has 3 nitrogen and oxygen atoms in total. The Morgan fingerprint density at radius 3 is 2.75 bits per heavy atom. The number of rotatable bonds is 3. The lowest BCUT2D eigenvalue weighted by Crippen LogP contribution is -2.34. The molecule has 0 saturated heterocycles. The number of hydrogen-bond acceptors (Lipinski definition) is 4. The molecule has 1 fully saturated rings. The molecule has 1 heterocycles. The third kappa shape index (κ3) is 2.34. The smallest absolute Gasteiger partial charge is 0.189 e. The lowest BCUT2D eigenvalue weighted by molar-refractivity contribution is 0.644. The number of nitrogens with zero attached hydrogens (tertiary/aromatic N) is 3. The van der Waals surface area contributed by atoms with Gasteiger partial charge < -0.3 is 4.90 Å². The average Bonchev–Trinajstić information content (AvgIpc) is 2.82. The van der Waals surface area contributed by atoms with Crippen LogP contribution in [0.25, 0.3) is 0 Å². The molecule has 0 spiro atoms. The standard InChI is InChI=1S/C11H16BN3S/c1-15(8-5-3-4-6-8)10-9(12)7-13-11(14-10)16-2/h7-8H,3-6H2,1-2H3. The highest BCUT2D eigenvalue weighted by Gasteiger charge is 2.21. The number of aromatic nitrogens is 2. The third-order valence-electron chi connectivity index (χ3n) is 3.16. The van der Waals surface area contributed by atoms with Crippen LogP contribution in [0.15, 0.2) is 11.4 Å². The van der Waals surface area contributed by atoms with Crippen LogP contribution in [0.5, 0.6) is 0 Å². The molecule has 1 aliphatic carbocycles. The number of anilines is 1. The molecule has 0 N–H and O–H groups in total. The molecule has 5 heteroatoms. The Hall–Kier alpha value is -0.705. The second kappa shape index (κ2) is 5.08. The van der Waals surface area contributed by atoms with Gasteiger partial charge in [0.15, 0.2) is 5.16 Å². The fourth-order valence-electron chi connectivity index (χ4n) is 2.21. The maximum atomic E-state index is 5.94. The van der Waals surface area contributed by atoms with Crippen LogP contribution in [0.2, 0.25) is 0 Å². The topological polar surface area (TPSA) is 29.0 Å².